The number of carbonyl (C=O) groups is 1. The van der Waals surface area contributed by atoms with Crippen LogP contribution >= 0.6 is 11.3 Å². The second kappa shape index (κ2) is 6.33. The molecule has 2 aromatic rings. The van der Waals surface area contributed by atoms with Gasteiger partial charge < -0.3 is 14.2 Å². The minimum Gasteiger partial charge on any atom is -0.465 e. The molecule has 1 aliphatic heterocycles. The van der Waals surface area contributed by atoms with Gasteiger partial charge in [0.25, 0.3) is 10.0 Å². The summed E-state index contributed by atoms with van der Waals surface area (Å²) in [7, 11) is -2.70. The van der Waals surface area contributed by atoms with Gasteiger partial charge in [0.2, 0.25) is 6.79 Å². The van der Waals surface area contributed by atoms with Gasteiger partial charge in [-0.2, -0.15) is 0 Å². The van der Waals surface area contributed by atoms with E-state index in [-0.39, 0.29) is 23.1 Å². The molecule has 0 amide bonds. The topological polar surface area (TPSA) is 82.1 Å². The SMILES string of the molecule is CCN(c1ccc2c(c1)OCO2)S(=O)(=O)c1ccsc1C(=O)OC. The Morgan fingerprint density at radius 1 is 1.29 bits per heavy atom. The van der Waals surface area contributed by atoms with Crippen molar-refractivity contribution in [2.75, 3.05) is 24.8 Å². The van der Waals surface area contributed by atoms with Gasteiger partial charge in [-0.05, 0) is 30.5 Å². The molecule has 1 aliphatic rings. The predicted molar refractivity (Wildman–Crippen MR) is 88.4 cm³/mol. The Morgan fingerprint density at radius 3 is 2.75 bits per heavy atom. The van der Waals surface area contributed by atoms with Crippen molar-refractivity contribution in [2.24, 2.45) is 0 Å². The number of fused-ring (bicyclic) bond motifs is 1. The maximum Gasteiger partial charge on any atom is 0.349 e. The van der Waals surface area contributed by atoms with E-state index in [0.717, 1.165) is 11.3 Å². The average Bonchev–Trinajstić information content (AvgIpc) is 3.23. The van der Waals surface area contributed by atoms with Gasteiger partial charge in [0.05, 0.1) is 12.8 Å². The lowest BCUT2D eigenvalue weighted by atomic mass is 10.3. The highest BCUT2D eigenvalue weighted by atomic mass is 32.2. The number of thiophene rings is 1. The normalized spacial score (nSPS) is 12.9. The number of ether oxygens (including phenoxy) is 3. The number of sulfonamides is 1. The van der Waals surface area contributed by atoms with Crippen molar-refractivity contribution >= 4 is 33.0 Å². The number of hydrogen-bond acceptors (Lipinski definition) is 7. The molecule has 24 heavy (non-hydrogen) atoms. The fourth-order valence-electron chi connectivity index (χ4n) is 2.39. The molecule has 0 fully saturated rings. The average molecular weight is 369 g/mol. The summed E-state index contributed by atoms with van der Waals surface area (Å²) in [6.45, 7) is 2.01. The summed E-state index contributed by atoms with van der Waals surface area (Å²) in [6, 6.07) is 6.30. The zero-order valence-corrected chi connectivity index (χ0v) is 14.6. The maximum absolute atomic E-state index is 13.0. The smallest absolute Gasteiger partial charge is 0.349 e. The number of hydrogen-bond donors (Lipinski definition) is 0. The van der Waals surface area contributed by atoms with Crippen LogP contribution in [-0.4, -0.2) is 34.8 Å². The number of rotatable bonds is 5. The number of benzene rings is 1. The minimum atomic E-state index is -3.92. The van der Waals surface area contributed by atoms with Gasteiger partial charge in [0, 0.05) is 12.6 Å². The fraction of sp³-hybridized carbons (Fsp3) is 0.267. The lowest BCUT2D eigenvalue weighted by molar-refractivity contribution is 0.0602. The highest BCUT2D eigenvalue weighted by Gasteiger charge is 2.31. The number of esters is 1. The van der Waals surface area contributed by atoms with Gasteiger partial charge in [-0.15, -0.1) is 11.3 Å². The first-order chi connectivity index (χ1) is 11.5. The van der Waals surface area contributed by atoms with E-state index in [1.165, 1.54) is 17.5 Å². The van der Waals surface area contributed by atoms with Crippen LogP contribution in [0.3, 0.4) is 0 Å². The van der Waals surface area contributed by atoms with E-state index in [0.29, 0.717) is 17.2 Å². The zero-order chi connectivity index (χ0) is 17.3. The molecule has 0 saturated heterocycles. The lowest BCUT2D eigenvalue weighted by Gasteiger charge is -2.23. The third-order valence-corrected chi connectivity index (χ3v) is 6.47. The summed E-state index contributed by atoms with van der Waals surface area (Å²) in [4.78, 5) is 11.8. The van der Waals surface area contributed by atoms with Crippen molar-refractivity contribution in [3.63, 3.8) is 0 Å². The van der Waals surface area contributed by atoms with Gasteiger partial charge in [-0.25, -0.2) is 13.2 Å². The van der Waals surface area contributed by atoms with Gasteiger partial charge in [0.15, 0.2) is 11.5 Å². The van der Waals surface area contributed by atoms with Crippen LogP contribution in [0.15, 0.2) is 34.5 Å². The molecule has 0 radical (unpaired) electrons. The molecule has 1 aromatic carbocycles. The van der Waals surface area contributed by atoms with E-state index in [9.17, 15) is 13.2 Å². The van der Waals surface area contributed by atoms with Crippen molar-refractivity contribution < 1.29 is 27.4 Å². The molecule has 0 aliphatic carbocycles. The number of methoxy groups -OCH3 is 1. The van der Waals surface area contributed by atoms with Crippen LogP contribution in [0, 0.1) is 0 Å². The number of carbonyl (C=O) groups excluding carboxylic acids is 1. The Morgan fingerprint density at radius 2 is 2.04 bits per heavy atom. The Labute approximate surface area is 143 Å². The van der Waals surface area contributed by atoms with E-state index in [4.69, 9.17) is 9.47 Å². The Bertz CT molecular complexity index is 874. The molecule has 0 atom stereocenters. The molecular weight excluding hydrogens is 354 g/mol. The van der Waals surface area contributed by atoms with E-state index in [1.54, 1.807) is 30.5 Å². The largest absolute Gasteiger partial charge is 0.465 e. The van der Waals surface area contributed by atoms with Crippen LogP contribution in [-0.2, 0) is 14.8 Å². The van der Waals surface area contributed by atoms with Crippen molar-refractivity contribution in [2.45, 2.75) is 11.8 Å². The second-order valence-corrected chi connectivity index (χ2v) is 7.56. The molecule has 0 bridgehead atoms. The monoisotopic (exact) mass is 369 g/mol. The van der Waals surface area contributed by atoms with Crippen LogP contribution in [0.5, 0.6) is 11.5 Å². The Kier molecular flexibility index (Phi) is 4.37. The molecule has 9 heteroatoms. The highest BCUT2D eigenvalue weighted by Crippen LogP contribution is 2.37. The van der Waals surface area contributed by atoms with E-state index in [2.05, 4.69) is 4.74 Å². The quantitative estimate of drug-likeness (QED) is 0.753. The molecule has 7 nitrogen and oxygen atoms in total. The van der Waals surface area contributed by atoms with E-state index < -0.39 is 16.0 Å². The van der Waals surface area contributed by atoms with E-state index in [1.807, 2.05) is 0 Å². The molecule has 0 N–H and O–H groups in total. The van der Waals surface area contributed by atoms with Crippen LogP contribution in [0.4, 0.5) is 5.69 Å². The van der Waals surface area contributed by atoms with Crippen LogP contribution in [0.1, 0.15) is 16.6 Å². The van der Waals surface area contributed by atoms with Crippen molar-refractivity contribution in [3.05, 3.63) is 34.5 Å². The second-order valence-electron chi connectivity index (χ2n) is 4.81. The van der Waals surface area contributed by atoms with Gasteiger partial charge >= 0.3 is 5.97 Å². The molecular formula is C15H15NO6S2. The molecule has 3 rings (SSSR count). The summed E-state index contributed by atoms with van der Waals surface area (Å²) in [5, 5.41) is 1.55. The summed E-state index contributed by atoms with van der Waals surface area (Å²) >= 11 is 1.03. The predicted octanol–water partition coefficient (Wildman–Crippen LogP) is 2.48. The first-order valence-corrected chi connectivity index (χ1v) is 9.39. The molecule has 0 spiro atoms. The fourth-order valence-corrected chi connectivity index (χ4v) is 5.17. The summed E-state index contributed by atoms with van der Waals surface area (Å²) in [5.41, 5.74) is 0.434. The number of nitrogens with zero attached hydrogens (tertiary/aromatic N) is 1. The van der Waals surface area contributed by atoms with Crippen molar-refractivity contribution in [1.82, 2.24) is 0 Å². The van der Waals surface area contributed by atoms with Gasteiger partial charge in [-0.1, -0.05) is 0 Å². The Balaban J connectivity index is 2.04. The molecule has 0 saturated carbocycles. The molecule has 2 heterocycles. The van der Waals surface area contributed by atoms with Gasteiger partial charge in [-0.3, -0.25) is 4.31 Å². The van der Waals surface area contributed by atoms with Crippen molar-refractivity contribution in [1.29, 1.82) is 0 Å². The first kappa shape index (κ1) is 16.6. The highest BCUT2D eigenvalue weighted by molar-refractivity contribution is 7.93. The van der Waals surface area contributed by atoms with Crippen LogP contribution in [0.2, 0.25) is 0 Å². The van der Waals surface area contributed by atoms with Crippen molar-refractivity contribution in [3.8, 4) is 11.5 Å². The Hall–Kier alpha value is -2.26. The summed E-state index contributed by atoms with van der Waals surface area (Å²) in [5.74, 6) is 0.378. The lowest BCUT2D eigenvalue weighted by Crippen LogP contribution is -2.31. The third kappa shape index (κ3) is 2.69. The minimum absolute atomic E-state index is 0.0525. The van der Waals surface area contributed by atoms with E-state index >= 15 is 0 Å². The number of anilines is 1. The zero-order valence-electron chi connectivity index (χ0n) is 13.0. The summed E-state index contributed by atoms with van der Waals surface area (Å²) < 4.78 is 42.5. The van der Waals surface area contributed by atoms with Crippen LogP contribution in [0.25, 0.3) is 0 Å². The molecule has 128 valence electrons. The maximum atomic E-state index is 13.0. The molecule has 1 aromatic heterocycles. The molecule has 0 unspecified atom stereocenters. The van der Waals surface area contributed by atoms with Crippen LogP contribution < -0.4 is 13.8 Å². The van der Waals surface area contributed by atoms with Gasteiger partial charge in [0.1, 0.15) is 9.77 Å². The standard InChI is InChI=1S/C15H15NO6S2/c1-3-16(10-4-5-11-12(8-10)22-9-21-11)24(18,19)13-6-7-23-14(13)15(17)20-2/h4-8H,3,9H2,1-2H3. The summed E-state index contributed by atoms with van der Waals surface area (Å²) in [6.07, 6.45) is 0. The first-order valence-electron chi connectivity index (χ1n) is 7.07. The third-order valence-electron chi connectivity index (χ3n) is 3.50.